The molecule has 34 heavy (non-hydrogen) atoms. The average molecular weight is 483 g/mol. The van der Waals surface area contributed by atoms with Crippen LogP contribution in [0.5, 0.6) is 0 Å². The Hall–Kier alpha value is -2.65. The number of ether oxygens (including phenoxy) is 1. The lowest BCUT2D eigenvalue weighted by Gasteiger charge is -2.28. The van der Waals surface area contributed by atoms with Gasteiger partial charge in [0, 0.05) is 6.54 Å². The van der Waals surface area contributed by atoms with E-state index >= 15 is 0 Å². The molecule has 0 aromatic heterocycles. The van der Waals surface area contributed by atoms with Crippen LogP contribution in [0.25, 0.3) is 0 Å². The Labute approximate surface area is 202 Å². The molecule has 1 fully saturated rings. The predicted molar refractivity (Wildman–Crippen MR) is 128 cm³/mol. The summed E-state index contributed by atoms with van der Waals surface area (Å²) in [5.74, 6) is -2.66. The van der Waals surface area contributed by atoms with E-state index in [-0.39, 0.29) is 23.9 Å². The van der Waals surface area contributed by atoms with Gasteiger partial charge in [-0.15, -0.1) is 0 Å². The van der Waals surface area contributed by atoms with Gasteiger partial charge in [-0.1, -0.05) is 48.5 Å². The molecule has 0 spiro atoms. The molecule has 1 heterocycles. The number of Topliss-reactive ketones (excluding diaryl/α,β-unsaturated/α-hetero) is 1. The molecule has 1 rings (SSSR count). The summed E-state index contributed by atoms with van der Waals surface area (Å²) in [7, 11) is 0. The summed E-state index contributed by atoms with van der Waals surface area (Å²) in [5, 5.41) is 10.5. The highest BCUT2D eigenvalue weighted by Gasteiger charge is 2.33. The first-order chi connectivity index (χ1) is 15.7. The molecule has 4 N–H and O–H groups in total. The molecule has 0 bridgehead atoms. The largest absolute Gasteiger partial charge is 0.449 e. The minimum Gasteiger partial charge on any atom is -0.449 e. The van der Waals surface area contributed by atoms with E-state index in [2.05, 4.69) is 21.3 Å². The summed E-state index contributed by atoms with van der Waals surface area (Å²) < 4.78 is 5.21. The van der Waals surface area contributed by atoms with Gasteiger partial charge < -0.3 is 26.0 Å². The quantitative estimate of drug-likeness (QED) is 0.368. The Kier molecular flexibility index (Phi) is 11.5. The number of hydrogen-bond acceptors (Lipinski definition) is 6. The van der Waals surface area contributed by atoms with Crippen molar-refractivity contribution in [2.45, 2.75) is 92.3 Å². The number of hydrogen-bond donors (Lipinski definition) is 4. The summed E-state index contributed by atoms with van der Waals surface area (Å²) in [5.41, 5.74) is -0.223. The van der Waals surface area contributed by atoms with Crippen LogP contribution in [0.3, 0.4) is 0 Å². The van der Waals surface area contributed by atoms with Crippen LogP contribution in [-0.2, 0) is 23.9 Å². The second-order valence-electron chi connectivity index (χ2n) is 10.9. The second-order valence-corrected chi connectivity index (χ2v) is 10.9. The first-order valence-electron chi connectivity index (χ1n) is 12.1. The Morgan fingerprint density at radius 3 is 2.24 bits per heavy atom. The normalized spacial score (nSPS) is 18.9. The summed E-state index contributed by atoms with van der Waals surface area (Å²) in [4.78, 5) is 62.6. The van der Waals surface area contributed by atoms with Crippen LogP contribution < -0.4 is 21.3 Å². The molecule has 3 unspecified atom stereocenters. The van der Waals surface area contributed by atoms with Gasteiger partial charge in [-0.25, -0.2) is 4.79 Å². The lowest BCUT2D eigenvalue weighted by Crippen LogP contribution is -2.58. The smallest absolute Gasteiger partial charge is 0.407 e. The van der Waals surface area contributed by atoms with E-state index in [9.17, 15) is 24.0 Å². The zero-order valence-corrected chi connectivity index (χ0v) is 21.6. The fourth-order valence-electron chi connectivity index (χ4n) is 3.41. The minimum atomic E-state index is -0.939. The molecule has 10 heteroatoms. The fourth-order valence-corrected chi connectivity index (χ4v) is 3.41. The molecule has 1 saturated heterocycles. The van der Waals surface area contributed by atoms with Gasteiger partial charge in [0.05, 0.1) is 12.6 Å². The van der Waals surface area contributed by atoms with Crippen molar-refractivity contribution in [1.82, 2.24) is 21.3 Å². The van der Waals surface area contributed by atoms with E-state index in [1.807, 2.05) is 34.6 Å². The molecule has 1 aliphatic heterocycles. The van der Waals surface area contributed by atoms with Gasteiger partial charge in [-0.05, 0) is 42.9 Å². The summed E-state index contributed by atoms with van der Waals surface area (Å²) >= 11 is 0. The number of rotatable bonds is 9. The van der Waals surface area contributed by atoms with Crippen molar-refractivity contribution in [2.24, 2.45) is 17.3 Å². The van der Waals surface area contributed by atoms with Crippen molar-refractivity contribution >= 4 is 29.6 Å². The predicted octanol–water partition coefficient (Wildman–Crippen LogP) is 1.67. The molecule has 0 radical (unpaired) electrons. The van der Waals surface area contributed by atoms with Gasteiger partial charge in [0.2, 0.25) is 17.6 Å². The standard InChI is InChI=1S/C24H42N4O6/c1-14(2)12-17(20(30)26-16-10-8-9-11-25-22(32)19(16)29)27-21(31)18(15(3)4)28-23(33)34-13-24(5,6)7/h14-18H,8-13H2,1-7H3,(H,25,32)(H,26,30)(H,27,31)(H,28,33). The van der Waals surface area contributed by atoms with Gasteiger partial charge in [0.1, 0.15) is 12.1 Å². The number of nitrogens with one attached hydrogen (secondary N) is 4. The van der Waals surface area contributed by atoms with Crippen molar-refractivity contribution < 1.29 is 28.7 Å². The maximum Gasteiger partial charge on any atom is 0.407 e. The lowest BCUT2D eigenvalue weighted by atomic mass is 9.98. The highest BCUT2D eigenvalue weighted by Crippen LogP contribution is 2.14. The molecule has 0 aromatic rings. The average Bonchev–Trinajstić information content (AvgIpc) is 2.71. The third-order valence-electron chi connectivity index (χ3n) is 5.26. The lowest BCUT2D eigenvalue weighted by molar-refractivity contribution is -0.141. The van der Waals surface area contributed by atoms with E-state index in [4.69, 9.17) is 4.74 Å². The number of ketones is 1. The first kappa shape index (κ1) is 29.4. The minimum absolute atomic E-state index is 0.0644. The number of carbonyl (C=O) groups is 5. The molecule has 3 atom stereocenters. The van der Waals surface area contributed by atoms with Crippen LogP contribution >= 0.6 is 0 Å². The highest BCUT2D eigenvalue weighted by molar-refractivity contribution is 6.38. The van der Waals surface area contributed by atoms with Crippen molar-refractivity contribution in [3.63, 3.8) is 0 Å². The number of carbonyl (C=O) groups excluding carboxylic acids is 5. The first-order valence-corrected chi connectivity index (χ1v) is 12.1. The molecule has 0 saturated carbocycles. The molecule has 0 aromatic carbocycles. The Morgan fingerprint density at radius 2 is 1.68 bits per heavy atom. The van der Waals surface area contributed by atoms with E-state index in [0.29, 0.717) is 32.2 Å². The molecular weight excluding hydrogens is 440 g/mol. The van der Waals surface area contributed by atoms with Crippen LogP contribution in [-0.4, -0.2) is 60.9 Å². The third kappa shape index (κ3) is 10.5. The van der Waals surface area contributed by atoms with Gasteiger partial charge in [-0.2, -0.15) is 0 Å². The SMILES string of the molecule is CC(C)CC(NC(=O)C(NC(=O)OCC(C)(C)C)C(C)C)C(=O)NC1CCCCNC(=O)C1=O. The Balaban J connectivity index is 2.89. The zero-order chi connectivity index (χ0) is 26.1. The zero-order valence-electron chi connectivity index (χ0n) is 21.6. The third-order valence-corrected chi connectivity index (χ3v) is 5.26. The maximum absolute atomic E-state index is 13.0. The molecule has 194 valence electrons. The van der Waals surface area contributed by atoms with Gasteiger partial charge in [0.25, 0.3) is 5.91 Å². The van der Waals surface area contributed by atoms with E-state index in [1.165, 1.54) is 0 Å². The Morgan fingerprint density at radius 1 is 1.03 bits per heavy atom. The van der Waals surface area contributed by atoms with Gasteiger partial charge >= 0.3 is 6.09 Å². The number of alkyl carbamates (subject to hydrolysis) is 1. The highest BCUT2D eigenvalue weighted by atomic mass is 16.5. The molecular formula is C24H42N4O6. The van der Waals surface area contributed by atoms with Crippen LogP contribution in [0.2, 0.25) is 0 Å². The van der Waals surface area contributed by atoms with E-state index in [0.717, 1.165) is 0 Å². The molecule has 0 aliphatic carbocycles. The van der Waals surface area contributed by atoms with Crippen molar-refractivity contribution in [2.75, 3.05) is 13.2 Å². The van der Waals surface area contributed by atoms with Crippen molar-refractivity contribution in [3.05, 3.63) is 0 Å². The molecule has 1 aliphatic rings. The maximum atomic E-state index is 13.0. The summed E-state index contributed by atoms with van der Waals surface area (Å²) in [6.07, 6.45) is 1.36. The van der Waals surface area contributed by atoms with E-state index < -0.39 is 47.7 Å². The van der Waals surface area contributed by atoms with Crippen LogP contribution in [0, 0.1) is 17.3 Å². The monoisotopic (exact) mass is 482 g/mol. The van der Waals surface area contributed by atoms with Gasteiger partial charge in [0.15, 0.2) is 0 Å². The fraction of sp³-hybridized carbons (Fsp3) is 0.792. The number of amides is 4. The topological polar surface area (TPSA) is 143 Å². The van der Waals surface area contributed by atoms with Crippen LogP contribution in [0.1, 0.15) is 74.1 Å². The summed E-state index contributed by atoms with van der Waals surface area (Å²) in [6, 6.07) is -2.78. The molecule has 4 amide bonds. The molecule has 10 nitrogen and oxygen atoms in total. The van der Waals surface area contributed by atoms with E-state index in [1.54, 1.807) is 13.8 Å². The van der Waals surface area contributed by atoms with Crippen molar-refractivity contribution in [3.8, 4) is 0 Å². The second kappa shape index (κ2) is 13.3. The van der Waals surface area contributed by atoms with Crippen LogP contribution in [0.4, 0.5) is 4.79 Å². The Bertz CT molecular complexity index is 744. The van der Waals surface area contributed by atoms with Gasteiger partial charge in [-0.3, -0.25) is 19.2 Å². The van der Waals surface area contributed by atoms with Crippen LogP contribution in [0.15, 0.2) is 0 Å². The van der Waals surface area contributed by atoms with Crippen molar-refractivity contribution in [1.29, 1.82) is 0 Å². The summed E-state index contributed by atoms with van der Waals surface area (Å²) in [6.45, 7) is 13.7.